The van der Waals surface area contributed by atoms with Crippen molar-refractivity contribution in [3.05, 3.63) is 62.9 Å². The third-order valence-electron chi connectivity index (χ3n) is 5.14. The van der Waals surface area contributed by atoms with E-state index in [9.17, 15) is 15.2 Å². The van der Waals surface area contributed by atoms with Crippen LogP contribution in [0.4, 0.5) is 0 Å². The van der Waals surface area contributed by atoms with Crippen LogP contribution in [0.1, 0.15) is 36.1 Å². The normalized spacial score (nSPS) is 15.2. The van der Waals surface area contributed by atoms with E-state index in [-0.39, 0.29) is 30.2 Å². The van der Waals surface area contributed by atoms with Crippen LogP contribution in [-0.4, -0.2) is 30.5 Å². The number of aryl methyl sites for hydroxylation is 1. The second-order valence-corrected chi connectivity index (χ2v) is 6.88. The van der Waals surface area contributed by atoms with E-state index in [1.165, 1.54) is 18.8 Å². The van der Waals surface area contributed by atoms with Gasteiger partial charge in [0.25, 0.3) is 5.56 Å². The minimum Gasteiger partial charge on any atom is -0.493 e. The Morgan fingerprint density at radius 3 is 2.60 bits per heavy atom. The summed E-state index contributed by atoms with van der Waals surface area (Å²) in [5.41, 5.74) is 7.59. The highest BCUT2D eigenvalue weighted by atomic mass is 16.5. The van der Waals surface area contributed by atoms with Crippen LogP contribution >= 0.6 is 0 Å². The van der Waals surface area contributed by atoms with Crippen molar-refractivity contribution in [2.24, 2.45) is 5.73 Å². The number of pyridine rings is 1. The van der Waals surface area contributed by atoms with Crippen molar-refractivity contribution in [1.29, 1.82) is 5.26 Å². The lowest BCUT2D eigenvalue weighted by molar-refractivity contribution is 0.271. The van der Waals surface area contributed by atoms with Gasteiger partial charge in [0.05, 0.1) is 32.3 Å². The number of ether oxygens (including phenoxy) is 3. The molecule has 2 heterocycles. The van der Waals surface area contributed by atoms with Crippen LogP contribution in [0.3, 0.4) is 0 Å². The SMILES string of the molecule is CCCc1cc2c(c(=O)n1CCO)C(c1ccc(OC)c(OC)c1)C(C#N)=C(N)O2. The highest BCUT2D eigenvalue weighted by Crippen LogP contribution is 2.42. The summed E-state index contributed by atoms with van der Waals surface area (Å²) in [6.07, 6.45) is 1.46. The Balaban J connectivity index is 2.30. The number of aliphatic hydroxyl groups excluding tert-OH is 1. The van der Waals surface area contributed by atoms with Crippen LogP contribution in [0.15, 0.2) is 40.5 Å². The van der Waals surface area contributed by atoms with Gasteiger partial charge >= 0.3 is 0 Å². The fourth-order valence-corrected chi connectivity index (χ4v) is 3.79. The number of aromatic nitrogens is 1. The van der Waals surface area contributed by atoms with Crippen LogP contribution in [0.25, 0.3) is 0 Å². The molecule has 0 radical (unpaired) electrons. The summed E-state index contributed by atoms with van der Waals surface area (Å²) in [6, 6.07) is 9.06. The number of benzene rings is 1. The minimum absolute atomic E-state index is 0.0356. The average Bonchev–Trinajstić information content (AvgIpc) is 2.75. The minimum atomic E-state index is -0.730. The molecule has 0 saturated carbocycles. The zero-order valence-corrected chi connectivity index (χ0v) is 17.3. The summed E-state index contributed by atoms with van der Waals surface area (Å²) in [4.78, 5) is 13.5. The van der Waals surface area contributed by atoms with Gasteiger partial charge in [0.2, 0.25) is 5.88 Å². The van der Waals surface area contributed by atoms with Crippen molar-refractivity contribution in [3.8, 4) is 23.3 Å². The van der Waals surface area contributed by atoms with Crippen LogP contribution in [0.2, 0.25) is 0 Å². The molecule has 1 aliphatic heterocycles. The van der Waals surface area contributed by atoms with Crippen molar-refractivity contribution in [2.75, 3.05) is 20.8 Å². The quantitative estimate of drug-likeness (QED) is 0.715. The van der Waals surface area contributed by atoms with Crippen molar-refractivity contribution < 1.29 is 19.3 Å². The van der Waals surface area contributed by atoms with E-state index in [0.29, 0.717) is 34.8 Å². The molecule has 3 rings (SSSR count). The first kappa shape index (κ1) is 21.3. The number of aliphatic hydroxyl groups is 1. The Hall–Kier alpha value is -3.44. The molecule has 8 heteroatoms. The van der Waals surface area contributed by atoms with E-state index in [2.05, 4.69) is 6.07 Å². The first-order valence-corrected chi connectivity index (χ1v) is 9.67. The fourth-order valence-electron chi connectivity index (χ4n) is 3.79. The van der Waals surface area contributed by atoms with Gasteiger partial charge < -0.3 is 29.6 Å². The molecular formula is C22H25N3O5. The number of methoxy groups -OCH3 is 2. The third kappa shape index (κ3) is 3.60. The van der Waals surface area contributed by atoms with Crippen LogP contribution < -0.4 is 25.5 Å². The smallest absolute Gasteiger partial charge is 0.258 e. The summed E-state index contributed by atoms with van der Waals surface area (Å²) in [7, 11) is 3.04. The Labute approximate surface area is 174 Å². The van der Waals surface area contributed by atoms with E-state index in [1.807, 2.05) is 6.92 Å². The number of fused-ring (bicyclic) bond motifs is 1. The first-order valence-electron chi connectivity index (χ1n) is 9.67. The van der Waals surface area contributed by atoms with Gasteiger partial charge in [0.1, 0.15) is 17.4 Å². The first-order chi connectivity index (χ1) is 14.5. The Morgan fingerprint density at radius 2 is 2.00 bits per heavy atom. The molecule has 1 aromatic heterocycles. The molecule has 1 aliphatic rings. The Bertz CT molecular complexity index is 1080. The summed E-state index contributed by atoms with van der Waals surface area (Å²) < 4.78 is 17.9. The standard InChI is InChI=1S/C22H25N3O5/c1-4-5-14-11-18-20(22(27)25(14)8-9-26)19(15(12-23)21(24)30-18)13-6-7-16(28-2)17(10-13)29-3/h6-7,10-11,19,26H,4-5,8-9,24H2,1-3H3. The number of rotatable bonds is 7. The van der Waals surface area contributed by atoms with Crippen molar-refractivity contribution in [3.63, 3.8) is 0 Å². The van der Waals surface area contributed by atoms with Crippen molar-refractivity contribution in [1.82, 2.24) is 4.57 Å². The van der Waals surface area contributed by atoms with Gasteiger partial charge in [-0.3, -0.25) is 4.79 Å². The average molecular weight is 411 g/mol. The second-order valence-electron chi connectivity index (χ2n) is 6.88. The second kappa shape index (κ2) is 8.93. The maximum atomic E-state index is 13.5. The van der Waals surface area contributed by atoms with Crippen molar-refractivity contribution in [2.45, 2.75) is 32.2 Å². The molecule has 0 amide bonds. The van der Waals surface area contributed by atoms with Gasteiger partial charge in [-0.15, -0.1) is 0 Å². The molecule has 30 heavy (non-hydrogen) atoms. The molecular weight excluding hydrogens is 386 g/mol. The van der Waals surface area contributed by atoms with Gasteiger partial charge in [-0.2, -0.15) is 5.26 Å². The Morgan fingerprint density at radius 1 is 1.27 bits per heavy atom. The molecule has 0 saturated heterocycles. The number of hydrogen-bond acceptors (Lipinski definition) is 7. The number of allylic oxidation sites excluding steroid dienone is 1. The topological polar surface area (TPSA) is 120 Å². The third-order valence-corrected chi connectivity index (χ3v) is 5.14. The molecule has 0 fully saturated rings. The van der Waals surface area contributed by atoms with Gasteiger partial charge in [-0.1, -0.05) is 19.4 Å². The van der Waals surface area contributed by atoms with E-state index in [1.54, 1.807) is 24.3 Å². The number of nitrogens with two attached hydrogens (primary N) is 1. The molecule has 0 spiro atoms. The fraction of sp³-hybridized carbons (Fsp3) is 0.364. The maximum absolute atomic E-state index is 13.5. The maximum Gasteiger partial charge on any atom is 0.258 e. The monoisotopic (exact) mass is 411 g/mol. The molecule has 8 nitrogen and oxygen atoms in total. The summed E-state index contributed by atoms with van der Waals surface area (Å²) in [5.74, 6) is 0.560. The summed E-state index contributed by atoms with van der Waals surface area (Å²) in [6.45, 7) is 1.98. The molecule has 1 aromatic carbocycles. The molecule has 1 atom stereocenters. The lowest BCUT2D eigenvalue weighted by Crippen LogP contribution is -2.34. The number of hydrogen-bond donors (Lipinski definition) is 2. The molecule has 2 aromatic rings. The Kier molecular flexibility index (Phi) is 6.33. The van der Waals surface area contributed by atoms with Gasteiger partial charge in [0.15, 0.2) is 11.5 Å². The number of nitrogens with zero attached hydrogens (tertiary/aromatic N) is 2. The lowest BCUT2D eigenvalue weighted by atomic mass is 9.83. The van der Waals surface area contributed by atoms with Crippen LogP contribution in [0, 0.1) is 11.3 Å². The van der Waals surface area contributed by atoms with E-state index in [4.69, 9.17) is 19.9 Å². The van der Waals surface area contributed by atoms with Gasteiger partial charge in [-0.25, -0.2) is 0 Å². The van der Waals surface area contributed by atoms with E-state index in [0.717, 1.165) is 12.1 Å². The molecule has 0 bridgehead atoms. The van der Waals surface area contributed by atoms with E-state index >= 15 is 0 Å². The zero-order chi connectivity index (χ0) is 21.8. The zero-order valence-electron chi connectivity index (χ0n) is 17.3. The molecule has 0 aliphatic carbocycles. The predicted molar refractivity (Wildman–Crippen MR) is 111 cm³/mol. The van der Waals surface area contributed by atoms with Gasteiger partial charge in [-0.05, 0) is 24.1 Å². The van der Waals surface area contributed by atoms with E-state index < -0.39 is 5.92 Å². The molecule has 3 N–H and O–H groups in total. The van der Waals surface area contributed by atoms with Crippen LogP contribution in [0.5, 0.6) is 17.2 Å². The largest absolute Gasteiger partial charge is 0.493 e. The number of nitriles is 1. The highest BCUT2D eigenvalue weighted by molar-refractivity contribution is 5.57. The van der Waals surface area contributed by atoms with Crippen molar-refractivity contribution >= 4 is 0 Å². The predicted octanol–water partition coefficient (Wildman–Crippen LogP) is 2.03. The summed E-state index contributed by atoms with van der Waals surface area (Å²) in [5, 5.41) is 19.3. The molecule has 1 unspecified atom stereocenters. The lowest BCUT2D eigenvalue weighted by Gasteiger charge is -2.28. The summed E-state index contributed by atoms with van der Waals surface area (Å²) >= 11 is 0. The molecule has 158 valence electrons. The van der Waals surface area contributed by atoms with Gasteiger partial charge in [0, 0.05) is 18.3 Å². The highest BCUT2D eigenvalue weighted by Gasteiger charge is 2.35. The van der Waals surface area contributed by atoms with Crippen LogP contribution in [-0.2, 0) is 13.0 Å².